The lowest BCUT2D eigenvalue weighted by Gasteiger charge is -2.13. The van der Waals surface area contributed by atoms with E-state index in [1.807, 2.05) is 6.92 Å². The Morgan fingerprint density at radius 3 is 2.63 bits per heavy atom. The van der Waals surface area contributed by atoms with Crippen LogP contribution in [0.5, 0.6) is 5.75 Å². The van der Waals surface area contributed by atoms with Crippen LogP contribution in [0.1, 0.15) is 5.56 Å². The topological polar surface area (TPSA) is 102 Å². The number of aliphatic hydroxyl groups excluding tert-OH is 1. The molecule has 0 heterocycles. The number of rotatable bonds is 7. The van der Waals surface area contributed by atoms with Gasteiger partial charge in [-0.2, -0.15) is 0 Å². The largest absolute Gasteiger partial charge is 0.495 e. The highest BCUT2D eigenvalue weighted by Gasteiger charge is 2.10. The van der Waals surface area contributed by atoms with Gasteiger partial charge in [-0.1, -0.05) is 0 Å². The maximum absolute atomic E-state index is 11.4. The van der Waals surface area contributed by atoms with E-state index in [1.54, 1.807) is 12.1 Å². The van der Waals surface area contributed by atoms with Crippen molar-refractivity contribution < 1.29 is 18.3 Å². The molecule has 1 aromatic carbocycles. The summed E-state index contributed by atoms with van der Waals surface area (Å²) < 4.78 is 28.0. The number of aryl methyl sites for hydroxylation is 1. The standard InChI is InChI=1S/C12H20N2O4S/c1-9-7-10(13)12(18-2)8-11(9)14-3-5-19(16,17)6-4-15/h7-8,14-15H,3-6,13H2,1-2H3. The fourth-order valence-electron chi connectivity index (χ4n) is 1.66. The number of sulfone groups is 1. The Hall–Kier alpha value is -1.47. The summed E-state index contributed by atoms with van der Waals surface area (Å²) in [5, 5.41) is 11.7. The second-order valence-electron chi connectivity index (χ2n) is 4.21. The van der Waals surface area contributed by atoms with E-state index in [0.717, 1.165) is 11.3 Å². The normalized spacial score (nSPS) is 11.3. The highest BCUT2D eigenvalue weighted by atomic mass is 32.2. The predicted molar refractivity (Wildman–Crippen MR) is 76.4 cm³/mol. The predicted octanol–water partition coefficient (Wildman–Crippen LogP) is 0.405. The maximum Gasteiger partial charge on any atom is 0.154 e. The second-order valence-corrected chi connectivity index (χ2v) is 6.51. The summed E-state index contributed by atoms with van der Waals surface area (Å²) >= 11 is 0. The minimum absolute atomic E-state index is 0.0281. The summed E-state index contributed by atoms with van der Waals surface area (Å²) in [7, 11) is -1.68. The van der Waals surface area contributed by atoms with Crippen LogP contribution < -0.4 is 15.8 Å². The molecular formula is C12H20N2O4S. The number of anilines is 2. The van der Waals surface area contributed by atoms with Crippen LogP contribution in [0.3, 0.4) is 0 Å². The van der Waals surface area contributed by atoms with Crippen molar-refractivity contribution in [2.45, 2.75) is 6.92 Å². The lowest BCUT2D eigenvalue weighted by Crippen LogP contribution is -2.20. The number of aliphatic hydroxyl groups is 1. The molecule has 0 spiro atoms. The van der Waals surface area contributed by atoms with Crippen molar-refractivity contribution in [3.63, 3.8) is 0 Å². The van der Waals surface area contributed by atoms with Crippen molar-refractivity contribution in [1.82, 2.24) is 0 Å². The molecule has 0 aromatic heterocycles. The molecule has 0 saturated heterocycles. The van der Waals surface area contributed by atoms with Crippen LogP contribution in [0.4, 0.5) is 11.4 Å². The highest BCUT2D eigenvalue weighted by Crippen LogP contribution is 2.28. The molecule has 0 amide bonds. The minimum atomic E-state index is -3.21. The van der Waals surface area contributed by atoms with E-state index in [0.29, 0.717) is 11.4 Å². The Labute approximate surface area is 113 Å². The summed E-state index contributed by atoms with van der Waals surface area (Å²) in [5.74, 6) is 0.310. The van der Waals surface area contributed by atoms with Gasteiger partial charge in [-0.15, -0.1) is 0 Å². The fourth-order valence-corrected chi connectivity index (χ4v) is 2.56. The fraction of sp³-hybridized carbons (Fsp3) is 0.500. The summed E-state index contributed by atoms with van der Waals surface area (Å²) in [6.45, 7) is 1.80. The van der Waals surface area contributed by atoms with Gasteiger partial charge in [0.05, 0.1) is 30.9 Å². The molecule has 0 atom stereocenters. The molecule has 0 aliphatic heterocycles. The number of benzene rings is 1. The lowest BCUT2D eigenvalue weighted by molar-refractivity contribution is 0.319. The molecule has 0 unspecified atom stereocenters. The number of ether oxygens (including phenoxy) is 1. The van der Waals surface area contributed by atoms with Gasteiger partial charge in [-0.25, -0.2) is 8.42 Å². The number of hydrogen-bond acceptors (Lipinski definition) is 6. The average Bonchev–Trinajstić information content (AvgIpc) is 2.31. The van der Waals surface area contributed by atoms with E-state index in [-0.39, 0.29) is 24.7 Å². The van der Waals surface area contributed by atoms with Gasteiger partial charge in [0.25, 0.3) is 0 Å². The third-order valence-corrected chi connectivity index (χ3v) is 4.34. The number of methoxy groups -OCH3 is 1. The maximum atomic E-state index is 11.4. The Bertz CT molecular complexity index is 529. The van der Waals surface area contributed by atoms with Gasteiger partial charge >= 0.3 is 0 Å². The van der Waals surface area contributed by atoms with Gasteiger partial charge in [-0.05, 0) is 18.6 Å². The number of nitrogens with two attached hydrogens (primary N) is 1. The van der Waals surface area contributed by atoms with Crippen LogP contribution in [0.25, 0.3) is 0 Å². The van der Waals surface area contributed by atoms with Gasteiger partial charge in [0, 0.05) is 18.3 Å². The second kappa shape index (κ2) is 6.63. The first-order valence-corrected chi connectivity index (χ1v) is 7.71. The van der Waals surface area contributed by atoms with Crippen molar-refractivity contribution in [3.05, 3.63) is 17.7 Å². The quantitative estimate of drug-likeness (QED) is 0.628. The zero-order valence-corrected chi connectivity index (χ0v) is 12.0. The van der Waals surface area contributed by atoms with Gasteiger partial charge in [0.2, 0.25) is 0 Å². The third-order valence-electron chi connectivity index (χ3n) is 2.71. The zero-order chi connectivity index (χ0) is 14.5. The number of hydrogen-bond donors (Lipinski definition) is 3. The first kappa shape index (κ1) is 15.6. The first-order chi connectivity index (χ1) is 8.89. The molecule has 0 radical (unpaired) electrons. The Kier molecular flexibility index (Phi) is 5.44. The molecule has 0 bridgehead atoms. The van der Waals surface area contributed by atoms with Crippen molar-refractivity contribution in [3.8, 4) is 5.75 Å². The average molecular weight is 288 g/mol. The van der Waals surface area contributed by atoms with E-state index in [4.69, 9.17) is 15.6 Å². The molecule has 4 N–H and O–H groups in total. The van der Waals surface area contributed by atoms with Crippen molar-refractivity contribution in [1.29, 1.82) is 0 Å². The van der Waals surface area contributed by atoms with Gasteiger partial charge in [-0.3, -0.25) is 0 Å². The van der Waals surface area contributed by atoms with Crippen LogP contribution in [0.15, 0.2) is 12.1 Å². The van der Waals surface area contributed by atoms with Gasteiger partial charge in [0.1, 0.15) is 5.75 Å². The Morgan fingerprint density at radius 1 is 1.37 bits per heavy atom. The summed E-state index contributed by atoms with van der Waals surface area (Å²) in [5.41, 5.74) is 8.00. The molecule has 7 heteroatoms. The lowest BCUT2D eigenvalue weighted by atomic mass is 10.1. The van der Waals surface area contributed by atoms with Crippen LogP contribution in [-0.4, -0.2) is 45.3 Å². The van der Waals surface area contributed by atoms with Gasteiger partial charge < -0.3 is 20.9 Å². The Balaban J connectivity index is 2.68. The smallest absolute Gasteiger partial charge is 0.154 e. The SMILES string of the molecule is COc1cc(NCCS(=O)(=O)CCO)c(C)cc1N. The summed E-state index contributed by atoms with van der Waals surface area (Å²) in [6, 6.07) is 3.51. The molecule has 108 valence electrons. The molecular weight excluding hydrogens is 268 g/mol. The van der Waals surface area contributed by atoms with E-state index in [9.17, 15) is 8.42 Å². The van der Waals surface area contributed by atoms with E-state index < -0.39 is 9.84 Å². The molecule has 19 heavy (non-hydrogen) atoms. The highest BCUT2D eigenvalue weighted by molar-refractivity contribution is 7.91. The van der Waals surface area contributed by atoms with Crippen molar-refractivity contribution in [2.24, 2.45) is 0 Å². The monoisotopic (exact) mass is 288 g/mol. The first-order valence-electron chi connectivity index (χ1n) is 5.89. The van der Waals surface area contributed by atoms with Gasteiger partial charge in [0.15, 0.2) is 9.84 Å². The van der Waals surface area contributed by atoms with Crippen LogP contribution in [-0.2, 0) is 9.84 Å². The van der Waals surface area contributed by atoms with Crippen LogP contribution in [0.2, 0.25) is 0 Å². The minimum Gasteiger partial charge on any atom is -0.495 e. The van der Waals surface area contributed by atoms with E-state index in [1.165, 1.54) is 7.11 Å². The molecule has 0 fully saturated rings. The third kappa shape index (κ3) is 4.60. The van der Waals surface area contributed by atoms with Crippen LogP contribution in [0, 0.1) is 6.92 Å². The van der Waals surface area contributed by atoms with Crippen molar-refractivity contribution in [2.75, 3.05) is 42.8 Å². The molecule has 6 nitrogen and oxygen atoms in total. The Morgan fingerprint density at radius 2 is 2.05 bits per heavy atom. The van der Waals surface area contributed by atoms with Crippen molar-refractivity contribution >= 4 is 21.2 Å². The molecule has 0 aliphatic carbocycles. The molecule has 1 rings (SSSR count). The molecule has 0 saturated carbocycles. The summed E-state index contributed by atoms with van der Waals surface area (Å²) in [6.07, 6.45) is 0. The molecule has 0 aliphatic rings. The van der Waals surface area contributed by atoms with Crippen LogP contribution >= 0.6 is 0 Å². The number of nitrogen functional groups attached to an aromatic ring is 1. The summed E-state index contributed by atoms with van der Waals surface area (Å²) in [4.78, 5) is 0. The van der Waals surface area contributed by atoms with E-state index >= 15 is 0 Å². The molecule has 1 aromatic rings. The zero-order valence-electron chi connectivity index (χ0n) is 11.1. The van der Waals surface area contributed by atoms with E-state index in [2.05, 4.69) is 5.32 Å². The number of nitrogens with one attached hydrogen (secondary N) is 1.